The van der Waals surface area contributed by atoms with E-state index in [9.17, 15) is 9.59 Å². The number of hydrogen-bond donors (Lipinski definition) is 2. The van der Waals surface area contributed by atoms with Crippen molar-refractivity contribution >= 4 is 11.8 Å². The van der Waals surface area contributed by atoms with Crippen LogP contribution >= 0.6 is 0 Å². The van der Waals surface area contributed by atoms with Crippen LogP contribution in [-0.4, -0.2) is 11.8 Å². The van der Waals surface area contributed by atoms with E-state index in [0.29, 0.717) is 6.42 Å². The van der Waals surface area contributed by atoms with Crippen molar-refractivity contribution < 1.29 is 9.59 Å². The van der Waals surface area contributed by atoms with E-state index in [-0.39, 0.29) is 17.2 Å². The topological polar surface area (TPSA) is 86.2 Å². The molecule has 0 heterocycles. The van der Waals surface area contributed by atoms with Crippen LogP contribution in [0.15, 0.2) is 0 Å². The van der Waals surface area contributed by atoms with Crippen molar-refractivity contribution in [2.24, 2.45) is 16.9 Å². The Kier molecular flexibility index (Phi) is 7.63. The van der Waals surface area contributed by atoms with Gasteiger partial charge in [-0.05, 0) is 25.7 Å². The van der Waals surface area contributed by atoms with E-state index in [1.807, 2.05) is 0 Å². The van der Waals surface area contributed by atoms with Crippen molar-refractivity contribution in [2.45, 2.75) is 83.5 Å². The van der Waals surface area contributed by atoms with E-state index in [2.05, 4.69) is 0 Å². The average Bonchev–Trinajstić information content (AvgIpc) is 2.50. The molecule has 1 aliphatic carbocycles. The molecular formula is C16H30N2O2. The smallest absolute Gasteiger partial charge is 0.223 e. The van der Waals surface area contributed by atoms with Gasteiger partial charge in [0.1, 0.15) is 0 Å². The quantitative estimate of drug-likeness (QED) is 0.703. The van der Waals surface area contributed by atoms with Crippen LogP contribution in [0.1, 0.15) is 83.5 Å². The van der Waals surface area contributed by atoms with Crippen molar-refractivity contribution in [1.82, 2.24) is 0 Å². The summed E-state index contributed by atoms with van der Waals surface area (Å²) in [6, 6.07) is 0. The normalized spacial score (nSPS) is 19.6. The maximum Gasteiger partial charge on any atom is 0.223 e. The molecule has 0 spiro atoms. The van der Waals surface area contributed by atoms with Gasteiger partial charge >= 0.3 is 0 Å². The first-order valence-electron chi connectivity index (χ1n) is 8.15. The summed E-state index contributed by atoms with van der Waals surface area (Å²) in [6.45, 7) is 0. The van der Waals surface area contributed by atoms with Gasteiger partial charge in [-0.25, -0.2) is 0 Å². The summed E-state index contributed by atoms with van der Waals surface area (Å²) in [5, 5.41) is 0. The molecule has 1 aliphatic rings. The fourth-order valence-electron chi connectivity index (χ4n) is 3.32. The van der Waals surface area contributed by atoms with Gasteiger partial charge in [-0.1, -0.05) is 51.4 Å². The fraction of sp³-hybridized carbons (Fsp3) is 0.875. The fourth-order valence-corrected chi connectivity index (χ4v) is 3.32. The Morgan fingerprint density at radius 2 is 1.35 bits per heavy atom. The maximum atomic E-state index is 12.0. The molecule has 0 atom stereocenters. The van der Waals surface area contributed by atoms with E-state index in [4.69, 9.17) is 11.5 Å². The van der Waals surface area contributed by atoms with Gasteiger partial charge in [-0.15, -0.1) is 0 Å². The Labute approximate surface area is 122 Å². The van der Waals surface area contributed by atoms with Crippen LogP contribution in [0, 0.1) is 5.41 Å². The molecule has 0 radical (unpaired) electrons. The third-order valence-electron chi connectivity index (χ3n) is 4.66. The number of carbonyl (C=O) groups excluding carboxylic acids is 2. The Balaban J connectivity index is 2.46. The summed E-state index contributed by atoms with van der Waals surface area (Å²) in [5.41, 5.74) is 10.6. The van der Waals surface area contributed by atoms with Gasteiger partial charge < -0.3 is 11.5 Å². The number of primary amides is 2. The zero-order chi connectivity index (χ0) is 14.8. The molecule has 1 fully saturated rings. The van der Waals surface area contributed by atoms with Crippen LogP contribution < -0.4 is 11.5 Å². The number of amides is 2. The predicted molar refractivity (Wildman–Crippen MR) is 80.8 cm³/mol. The number of unbranched alkanes of at least 4 members (excludes halogenated alkanes) is 2. The van der Waals surface area contributed by atoms with Crippen LogP contribution in [-0.2, 0) is 9.59 Å². The van der Waals surface area contributed by atoms with Gasteiger partial charge in [0.05, 0.1) is 0 Å². The number of hydrogen-bond acceptors (Lipinski definition) is 2. The Hall–Kier alpha value is -1.06. The molecule has 4 heteroatoms. The molecule has 1 saturated carbocycles. The van der Waals surface area contributed by atoms with Gasteiger partial charge in [0.15, 0.2) is 0 Å². The largest absolute Gasteiger partial charge is 0.370 e. The highest BCUT2D eigenvalue weighted by molar-refractivity contribution is 5.80. The van der Waals surface area contributed by atoms with Gasteiger partial charge in [0.2, 0.25) is 11.8 Å². The van der Waals surface area contributed by atoms with Gasteiger partial charge in [0, 0.05) is 11.8 Å². The molecule has 116 valence electrons. The SMILES string of the molecule is NC(=O)CCCCCC1(C(N)=O)CCCCCCCC1. The van der Waals surface area contributed by atoms with Crippen LogP contribution in [0.25, 0.3) is 0 Å². The highest BCUT2D eigenvalue weighted by Gasteiger charge is 2.35. The lowest BCUT2D eigenvalue weighted by Gasteiger charge is -2.30. The predicted octanol–water partition coefficient (Wildman–Crippen LogP) is 3.03. The second kappa shape index (κ2) is 8.98. The average molecular weight is 282 g/mol. The lowest BCUT2D eigenvalue weighted by atomic mass is 9.74. The first-order valence-corrected chi connectivity index (χ1v) is 8.15. The van der Waals surface area contributed by atoms with E-state index in [1.165, 1.54) is 25.7 Å². The van der Waals surface area contributed by atoms with Gasteiger partial charge in [0.25, 0.3) is 0 Å². The molecule has 0 aromatic rings. The minimum atomic E-state index is -0.295. The highest BCUT2D eigenvalue weighted by Crippen LogP contribution is 2.38. The van der Waals surface area contributed by atoms with Crippen molar-refractivity contribution in [2.75, 3.05) is 0 Å². The standard InChI is InChI=1S/C16H30N2O2/c17-14(19)10-6-5-9-13-16(15(18)20)11-7-3-1-2-4-8-12-16/h1-13H2,(H2,17,19)(H2,18,20). The summed E-state index contributed by atoms with van der Waals surface area (Å²) in [4.78, 5) is 22.7. The van der Waals surface area contributed by atoms with Crippen molar-refractivity contribution in [3.05, 3.63) is 0 Å². The minimum absolute atomic E-state index is 0.116. The summed E-state index contributed by atoms with van der Waals surface area (Å²) in [7, 11) is 0. The second-order valence-corrected chi connectivity index (χ2v) is 6.29. The number of nitrogens with two attached hydrogens (primary N) is 2. The van der Waals surface area contributed by atoms with Crippen molar-refractivity contribution in [3.8, 4) is 0 Å². The molecule has 0 aliphatic heterocycles. The van der Waals surface area contributed by atoms with E-state index < -0.39 is 0 Å². The maximum absolute atomic E-state index is 12.0. The first kappa shape index (κ1) is 17.0. The second-order valence-electron chi connectivity index (χ2n) is 6.29. The highest BCUT2D eigenvalue weighted by atomic mass is 16.1. The lowest BCUT2D eigenvalue weighted by Crippen LogP contribution is -2.37. The van der Waals surface area contributed by atoms with Crippen LogP contribution in [0.2, 0.25) is 0 Å². The summed E-state index contributed by atoms with van der Waals surface area (Å²) >= 11 is 0. The van der Waals surface area contributed by atoms with E-state index in [0.717, 1.165) is 51.4 Å². The summed E-state index contributed by atoms with van der Waals surface area (Å²) in [5.74, 6) is -0.355. The summed E-state index contributed by atoms with van der Waals surface area (Å²) < 4.78 is 0. The molecule has 0 saturated heterocycles. The third kappa shape index (κ3) is 5.93. The molecule has 4 nitrogen and oxygen atoms in total. The lowest BCUT2D eigenvalue weighted by molar-refractivity contribution is -0.129. The molecule has 20 heavy (non-hydrogen) atoms. The molecule has 0 aromatic carbocycles. The Bertz CT molecular complexity index is 306. The van der Waals surface area contributed by atoms with Crippen molar-refractivity contribution in [1.29, 1.82) is 0 Å². The third-order valence-corrected chi connectivity index (χ3v) is 4.66. The molecular weight excluding hydrogens is 252 g/mol. The Morgan fingerprint density at radius 3 is 1.85 bits per heavy atom. The van der Waals surface area contributed by atoms with E-state index >= 15 is 0 Å². The Morgan fingerprint density at radius 1 is 0.800 bits per heavy atom. The van der Waals surface area contributed by atoms with Crippen LogP contribution in [0.5, 0.6) is 0 Å². The molecule has 0 bridgehead atoms. The molecule has 0 unspecified atom stereocenters. The molecule has 4 N–H and O–H groups in total. The van der Waals surface area contributed by atoms with Crippen LogP contribution in [0.4, 0.5) is 0 Å². The van der Waals surface area contributed by atoms with Gasteiger partial charge in [-0.3, -0.25) is 9.59 Å². The minimum Gasteiger partial charge on any atom is -0.370 e. The summed E-state index contributed by atoms with van der Waals surface area (Å²) in [6.07, 6.45) is 13.2. The first-order chi connectivity index (χ1) is 9.57. The number of rotatable bonds is 7. The monoisotopic (exact) mass is 282 g/mol. The zero-order valence-electron chi connectivity index (χ0n) is 12.7. The molecule has 2 amide bonds. The zero-order valence-corrected chi connectivity index (χ0v) is 12.7. The van der Waals surface area contributed by atoms with Gasteiger partial charge in [-0.2, -0.15) is 0 Å². The molecule has 0 aromatic heterocycles. The van der Waals surface area contributed by atoms with Crippen LogP contribution in [0.3, 0.4) is 0 Å². The molecule has 1 rings (SSSR count). The van der Waals surface area contributed by atoms with E-state index in [1.54, 1.807) is 0 Å². The number of carbonyl (C=O) groups is 2. The van der Waals surface area contributed by atoms with Crippen molar-refractivity contribution in [3.63, 3.8) is 0 Å².